The lowest BCUT2D eigenvalue weighted by molar-refractivity contribution is 0.371. The Kier molecular flexibility index (Phi) is 5.61. The molecule has 35 heavy (non-hydrogen) atoms. The first-order chi connectivity index (χ1) is 17.1. The smallest absolute Gasteiger partial charge is 0.328 e. The van der Waals surface area contributed by atoms with Gasteiger partial charge >= 0.3 is 5.69 Å². The van der Waals surface area contributed by atoms with Crippen LogP contribution in [0, 0.1) is 12.8 Å². The lowest BCUT2D eigenvalue weighted by Crippen LogP contribution is -2.37. The Morgan fingerprint density at radius 2 is 1.97 bits per heavy atom. The number of aryl methyl sites for hydroxylation is 1. The molecule has 2 aromatic heterocycles. The van der Waals surface area contributed by atoms with Gasteiger partial charge in [-0.3, -0.25) is 9.36 Å². The van der Waals surface area contributed by atoms with E-state index in [1.54, 1.807) is 7.11 Å². The number of nitrogens with zero attached hydrogens (tertiary/aromatic N) is 1. The highest BCUT2D eigenvalue weighted by atomic mass is 32.1. The van der Waals surface area contributed by atoms with Crippen molar-refractivity contribution < 1.29 is 4.74 Å². The summed E-state index contributed by atoms with van der Waals surface area (Å²) in [6.45, 7) is 3.40. The number of hydrogen-bond donors (Lipinski definition) is 2. The van der Waals surface area contributed by atoms with Crippen LogP contribution in [0.15, 0.2) is 57.4 Å². The highest BCUT2D eigenvalue weighted by molar-refractivity contribution is 7.17. The molecule has 0 amide bonds. The molecule has 180 valence electrons. The lowest BCUT2D eigenvalue weighted by atomic mass is 9.73. The minimum Gasteiger partial charge on any atom is -0.496 e. The van der Waals surface area contributed by atoms with Crippen LogP contribution in [0.1, 0.15) is 35.4 Å². The summed E-state index contributed by atoms with van der Waals surface area (Å²) in [5, 5.41) is 5.67. The lowest BCUT2D eigenvalue weighted by Gasteiger charge is -2.32. The molecule has 0 bridgehead atoms. The van der Waals surface area contributed by atoms with Gasteiger partial charge in [0, 0.05) is 29.4 Å². The zero-order valence-corrected chi connectivity index (χ0v) is 20.8. The second-order valence-electron chi connectivity index (χ2n) is 9.71. The van der Waals surface area contributed by atoms with Gasteiger partial charge in [-0.15, -0.1) is 11.3 Å². The van der Waals surface area contributed by atoms with Crippen LogP contribution in [-0.2, 0) is 13.0 Å². The molecule has 1 saturated heterocycles. The summed E-state index contributed by atoms with van der Waals surface area (Å²) < 4.78 is 7.61. The normalized spacial score (nSPS) is 21.1. The second-order valence-corrected chi connectivity index (χ2v) is 10.6. The molecule has 1 aliphatic heterocycles. The maximum absolute atomic E-state index is 13.4. The number of H-pyrrole nitrogens is 1. The Hall–Kier alpha value is -3.16. The summed E-state index contributed by atoms with van der Waals surface area (Å²) in [6.07, 6.45) is 2.89. The third-order valence-corrected chi connectivity index (χ3v) is 8.87. The van der Waals surface area contributed by atoms with Crippen molar-refractivity contribution in [3.05, 3.63) is 85.4 Å². The van der Waals surface area contributed by atoms with Gasteiger partial charge in [0.05, 0.1) is 12.6 Å². The Morgan fingerprint density at radius 3 is 2.80 bits per heavy atom. The predicted molar refractivity (Wildman–Crippen MR) is 141 cm³/mol. The molecule has 1 fully saturated rings. The van der Waals surface area contributed by atoms with Crippen LogP contribution in [0.3, 0.4) is 0 Å². The summed E-state index contributed by atoms with van der Waals surface area (Å²) in [6, 6.07) is 14.6. The molecular formula is C28H29N3O3S. The van der Waals surface area contributed by atoms with Crippen LogP contribution in [-0.4, -0.2) is 29.2 Å². The van der Waals surface area contributed by atoms with E-state index in [4.69, 9.17) is 4.74 Å². The molecule has 6 rings (SSSR count). The molecule has 1 unspecified atom stereocenters. The van der Waals surface area contributed by atoms with Gasteiger partial charge in [-0.1, -0.05) is 36.4 Å². The first kappa shape index (κ1) is 22.3. The third kappa shape index (κ3) is 3.65. The zero-order valence-electron chi connectivity index (χ0n) is 20.0. The number of benzene rings is 2. The summed E-state index contributed by atoms with van der Waals surface area (Å²) in [7, 11) is 1.73. The van der Waals surface area contributed by atoms with E-state index in [2.05, 4.69) is 22.4 Å². The van der Waals surface area contributed by atoms with Crippen molar-refractivity contribution in [2.75, 3.05) is 13.7 Å². The van der Waals surface area contributed by atoms with Crippen LogP contribution in [0.2, 0.25) is 0 Å². The van der Waals surface area contributed by atoms with Crippen molar-refractivity contribution in [2.24, 2.45) is 5.92 Å². The van der Waals surface area contributed by atoms with Crippen molar-refractivity contribution >= 4 is 21.6 Å². The van der Waals surface area contributed by atoms with E-state index in [9.17, 15) is 9.59 Å². The highest BCUT2D eigenvalue weighted by Gasteiger charge is 2.40. The number of hydrogen-bond acceptors (Lipinski definition) is 5. The topological polar surface area (TPSA) is 76.1 Å². The van der Waals surface area contributed by atoms with Crippen LogP contribution in [0.4, 0.5) is 0 Å². The van der Waals surface area contributed by atoms with E-state index >= 15 is 0 Å². The minimum atomic E-state index is -0.337. The van der Waals surface area contributed by atoms with Crippen molar-refractivity contribution in [1.29, 1.82) is 0 Å². The molecule has 7 heteroatoms. The number of fused-ring (bicyclic) bond motifs is 4. The fraction of sp³-hybridized carbons (Fsp3) is 0.357. The number of aromatic nitrogens is 2. The first-order valence-corrected chi connectivity index (χ1v) is 13.1. The van der Waals surface area contributed by atoms with Gasteiger partial charge in [-0.25, -0.2) is 4.79 Å². The Labute approximate surface area is 207 Å². The molecule has 4 aromatic rings. The fourth-order valence-corrected chi connectivity index (χ4v) is 7.15. The Bertz CT molecular complexity index is 1530. The predicted octanol–water partition coefficient (Wildman–Crippen LogP) is 4.44. The molecule has 2 aliphatic rings. The van der Waals surface area contributed by atoms with Gasteiger partial charge in [-0.2, -0.15) is 0 Å². The molecule has 0 radical (unpaired) electrons. The number of nitrogens with one attached hydrogen (secondary N) is 2. The monoisotopic (exact) mass is 487 g/mol. The van der Waals surface area contributed by atoms with Crippen LogP contribution >= 0.6 is 11.3 Å². The molecule has 2 N–H and O–H groups in total. The molecule has 6 nitrogen and oxygen atoms in total. The fourth-order valence-electron chi connectivity index (χ4n) is 6.18. The quantitative estimate of drug-likeness (QED) is 0.436. The summed E-state index contributed by atoms with van der Waals surface area (Å²) in [5.41, 5.74) is 5.84. The first-order valence-electron chi connectivity index (χ1n) is 12.3. The van der Waals surface area contributed by atoms with E-state index < -0.39 is 0 Å². The number of ether oxygens (including phenoxy) is 1. The van der Waals surface area contributed by atoms with E-state index in [1.807, 2.05) is 42.6 Å². The van der Waals surface area contributed by atoms with Gasteiger partial charge in [0.25, 0.3) is 5.56 Å². The number of aromatic amines is 1. The van der Waals surface area contributed by atoms with E-state index in [1.165, 1.54) is 27.0 Å². The number of rotatable bonds is 5. The van der Waals surface area contributed by atoms with E-state index in [-0.39, 0.29) is 17.3 Å². The van der Waals surface area contributed by atoms with Gasteiger partial charge in [0.2, 0.25) is 0 Å². The molecule has 0 spiro atoms. The average molecular weight is 488 g/mol. The molecule has 3 atom stereocenters. The highest BCUT2D eigenvalue weighted by Crippen LogP contribution is 2.45. The van der Waals surface area contributed by atoms with Gasteiger partial charge in [0.15, 0.2) is 0 Å². The molecule has 1 aliphatic carbocycles. The van der Waals surface area contributed by atoms with Crippen LogP contribution in [0.25, 0.3) is 21.3 Å². The van der Waals surface area contributed by atoms with Gasteiger partial charge < -0.3 is 15.0 Å². The van der Waals surface area contributed by atoms with Crippen molar-refractivity contribution in [2.45, 2.75) is 44.7 Å². The van der Waals surface area contributed by atoms with Crippen molar-refractivity contribution in [3.63, 3.8) is 0 Å². The second kappa shape index (κ2) is 8.81. The van der Waals surface area contributed by atoms with Crippen LogP contribution < -0.4 is 21.3 Å². The van der Waals surface area contributed by atoms with Gasteiger partial charge in [-0.05, 0) is 67.0 Å². The van der Waals surface area contributed by atoms with Gasteiger partial charge in [0.1, 0.15) is 10.4 Å². The average Bonchev–Trinajstić information content (AvgIpc) is 3.48. The summed E-state index contributed by atoms with van der Waals surface area (Å²) >= 11 is 1.41. The zero-order chi connectivity index (χ0) is 24.1. The maximum Gasteiger partial charge on any atom is 0.328 e. The molecular weight excluding hydrogens is 458 g/mol. The van der Waals surface area contributed by atoms with E-state index in [0.717, 1.165) is 48.2 Å². The minimum absolute atomic E-state index is 0.200. The largest absolute Gasteiger partial charge is 0.496 e. The van der Waals surface area contributed by atoms with E-state index in [0.29, 0.717) is 28.6 Å². The standard InChI is InChI=1S/C28H29N3O3S/c1-16-6-3-4-7-18(16)21-15-35-26-25(21)30-28(33)31(27(26)32)13-12-22-24-17(14-29-22)10-11-19-20(24)8-5-9-23(19)34-2/h3-9,15,17,22,24,29H,10-14H2,1-2H3,(H,30,33)/t17-,22?,24+/m0/s1. The third-order valence-electron chi connectivity index (χ3n) is 7.90. The molecule has 3 heterocycles. The van der Waals surface area contributed by atoms with Crippen molar-refractivity contribution in [3.8, 4) is 16.9 Å². The Morgan fingerprint density at radius 1 is 1.11 bits per heavy atom. The number of methoxy groups -OCH3 is 1. The molecule has 0 saturated carbocycles. The maximum atomic E-state index is 13.4. The summed E-state index contributed by atoms with van der Waals surface area (Å²) in [5.74, 6) is 1.92. The van der Waals surface area contributed by atoms with Crippen LogP contribution in [0.5, 0.6) is 5.75 Å². The molecule has 2 aromatic carbocycles. The summed E-state index contributed by atoms with van der Waals surface area (Å²) in [4.78, 5) is 29.4. The SMILES string of the molecule is COc1cccc2c1CC[C@H]1CNC(CCn3c(=O)[nH]c4c(-c5ccccc5C)csc4c3=O)[C@@H]21. The van der Waals surface area contributed by atoms with Crippen molar-refractivity contribution in [1.82, 2.24) is 14.9 Å². The Balaban J connectivity index is 1.30. The number of thiophene rings is 1.